The molecular formula is C43H27N5. The molecule has 0 N–H and O–H groups in total. The molecule has 5 heteroatoms. The van der Waals surface area contributed by atoms with Crippen molar-refractivity contribution in [1.29, 1.82) is 0 Å². The number of aromatic nitrogens is 5. The average Bonchev–Trinajstić information content (AvgIpc) is 3.66. The number of hydrogen-bond donors (Lipinski definition) is 0. The molecule has 4 heterocycles. The van der Waals surface area contributed by atoms with Crippen LogP contribution in [0.2, 0.25) is 0 Å². The van der Waals surface area contributed by atoms with E-state index in [4.69, 9.17) is 15.0 Å². The number of fused-ring (bicyclic) bond motifs is 7. The largest absolute Gasteiger partial charge is 0.309 e. The molecule has 0 saturated heterocycles. The second kappa shape index (κ2) is 10.5. The van der Waals surface area contributed by atoms with E-state index in [-0.39, 0.29) is 0 Å². The fourth-order valence-electron chi connectivity index (χ4n) is 7.21. The van der Waals surface area contributed by atoms with Crippen LogP contribution in [0.25, 0.3) is 88.7 Å². The van der Waals surface area contributed by atoms with Gasteiger partial charge >= 0.3 is 0 Å². The van der Waals surface area contributed by atoms with E-state index in [0.29, 0.717) is 5.82 Å². The molecule has 10 aromatic rings. The first-order valence-electron chi connectivity index (χ1n) is 16.1. The van der Waals surface area contributed by atoms with Crippen LogP contribution in [0.15, 0.2) is 164 Å². The maximum Gasteiger partial charge on any atom is 0.161 e. The van der Waals surface area contributed by atoms with Crippen LogP contribution in [0.4, 0.5) is 0 Å². The first-order chi connectivity index (χ1) is 23.8. The highest BCUT2D eigenvalue weighted by Gasteiger charge is 2.19. The quantitative estimate of drug-likeness (QED) is 0.198. The van der Waals surface area contributed by atoms with Crippen molar-refractivity contribution in [2.75, 3.05) is 0 Å². The Morgan fingerprint density at radius 3 is 1.67 bits per heavy atom. The smallest absolute Gasteiger partial charge is 0.161 e. The van der Waals surface area contributed by atoms with Crippen LogP contribution in [0.1, 0.15) is 0 Å². The molecule has 0 aliphatic carbocycles. The molecule has 0 aliphatic rings. The number of para-hydroxylation sites is 4. The van der Waals surface area contributed by atoms with Gasteiger partial charge in [0, 0.05) is 49.9 Å². The van der Waals surface area contributed by atoms with Crippen LogP contribution < -0.4 is 0 Å². The second-order valence-electron chi connectivity index (χ2n) is 12.1. The fraction of sp³-hybridized carbons (Fsp3) is 0. The SMILES string of the molecule is c1ccc(-c2nc(-c3ccc(-n4c5ccccc5c5cc6c(cc54)c4ccccc4n6-c4ccccc4)nc3)nc3ccccc23)cc1. The summed E-state index contributed by atoms with van der Waals surface area (Å²) in [5.74, 6) is 1.50. The average molecular weight is 614 g/mol. The lowest BCUT2D eigenvalue weighted by molar-refractivity contribution is 1.08. The minimum atomic E-state index is 0.657. The molecule has 10 rings (SSSR count). The van der Waals surface area contributed by atoms with E-state index in [9.17, 15) is 0 Å². The number of hydrogen-bond acceptors (Lipinski definition) is 3. The summed E-state index contributed by atoms with van der Waals surface area (Å²) in [6.45, 7) is 0. The Labute approximate surface area is 276 Å². The van der Waals surface area contributed by atoms with Gasteiger partial charge in [0.15, 0.2) is 5.82 Å². The molecule has 0 radical (unpaired) electrons. The van der Waals surface area contributed by atoms with Gasteiger partial charge in [-0.05, 0) is 54.6 Å². The van der Waals surface area contributed by atoms with Crippen molar-refractivity contribution in [2.24, 2.45) is 0 Å². The second-order valence-corrected chi connectivity index (χ2v) is 12.1. The van der Waals surface area contributed by atoms with Crippen LogP contribution in [-0.4, -0.2) is 24.1 Å². The highest BCUT2D eigenvalue weighted by atomic mass is 15.1. The molecule has 0 spiro atoms. The predicted molar refractivity (Wildman–Crippen MR) is 197 cm³/mol. The molecule has 0 fully saturated rings. The van der Waals surface area contributed by atoms with Crippen molar-refractivity contribution in [3.8, 4) is 34.2 Å². The molecule has 0 unspecified atom stereocenters. The van der Waals surface area contributed by atoms with Crippen molar-refractivity contribution in [2.45, 2.75) is 0 Å². The minimum Gasteiger partial charge on any atom is -0.309 e. The summed E-state index contributed by atoms with van der Waals surface area (Å²) in [6, 6.07) is 55.2. The Hall–Kier alpha value is -6.59. The van der Waals surface area contributed by atoms with Crippen molar-refractivity contribution in [3.63, 3.8) is 0 Å². The third-order valence-corrected chi connectivity index (χ3v) is 9.37. The molecule has 0 atom stereocenters. The first-order valence-corrected chi connectivity index (χ1v) is 16.1. The van der Waals surface area contributed by atoms with Gasteiger partial charge in [0.2, 0.25) is 0 Å². The lowest BCUT2D eigenvalue weighted by Crippen LogP contribution is -1.99. The third kappa shape index (κ3) is 4.01. The Morgan fingerprint density at radius 2 is 0.979 bits per heavy atom. The number of rotatable bonds is 4. The third-order valence-electron chi connectivity index (χ3n) is 9.37. The summed E-state index contributed by atoms with van der Waals surface area (Å²) in [4.78, 5) is 15.1. The standard InChI is InChI=1S/C43H27N5/c1-3-13-28(14-4-1)42-33-19-7-10-20-36(33)45-43(46-42)29-23-24-41(44-27-29)48-38-22-12-9-18-32(38)35-25-39-34(26-40(35)48)31-17-8-11-21-37(31)47(39)30-15-5-2-6-16-30/h1-27H. The fourth-order valence-corrected chi connectivity index (χ4v) is 7.21. The lowest BCUT2D eigenvalue weighted by Gasteiger charge is -2.11. The Morgan fingerprint density at radius 1 is 0.396 bits per heavy atom. The van der Waals surface area contributed by atoms with Crippen LogP contribution in [0, 0.1) is 0 Å². The van der Waals surface area contributed by atoms with Gasteiger partial charge in [0.05, 0.1) is 33.3 Å². The Balaban J connectivity index is 1.17. The zero-order valence-electron chi connectivity index (χ0n) is 25.8. The monoisotopic (exact) mass is 613 g/mol. The van der Waals surface area contributed by atoms with Gasteiger partial charge in [0.25, 0.3) is 0 Å². The van der Waals surface area contributed by atoms with Crippen molar-refractivity contribution >= 4 is 54.5 Å². The molecule has 224 valence electrons. The van der Waals surface area contributed by atoms with Crippen LogP contribution in [0.3, 0.4) is 0 Å². The van der Waals surface area contributed by atoms with Gasteiger partial charge in [-0.1, -0.05) is 103 Å². The molecule has 5 nitrogen and oxygen atoms in total. The molecule has 0 aliphatic heterocycles. The maximum absolute atomic E-state index is 5.06. The molecule has 4 aromatic heterocycles. The molecule has 0 amide bonds. The van der Waals surface area contributed by atoms with Crippen molar-refractivity contribution < 1.29 is 0 Å². The van der Waals surface area contributed by atoms with Gasteiger partial charge < -0.3 is 4.57 Å². The maximum atomic E-state index is 5.06. The molecular weight excluding hydrogens is 587 g/mol. The van der Waals surface area contributed by atoms with Gasteiger partial charge in [0.1, 0.15) is 5.82 Å². The Bertz CT molecular complexity index is 2810. The van der Waals surface area contributed by atoms with Crippen LogP contribution in [-0.2, 0) is 0 Å². The lowest BCUT2D eigenvalue weighted by atomic mass is 10.1. The summed E-state index contributed by atoms with van der Waals surface area (Å²) >= 11 is 0. The van der Waals surface area contributed by atoms with E-state index in [2.05, 4.69) is 130 Å². The number of nitrogens with zero attached hydrogens (tertiary/aromatic N) is 5. The summed E-state index contributed by atoms with van der Waals surface area (Å²) in [5.41, 5.74) is 9.52. The topological polar surface area (TPSA) is 48.5 Å². The normalized spacial score (nSPS) is 11.8. The zero-order valence-corrected chi connectivity index (χ0v) is 25.8. The highest BCUT2D eigenvalue weighted by Crippen LogP contribution is 2.39. The van der Waals surface area contributed by atoms with E-state index in [1.54, 1.807) is 0 Å². The molecule has 0 bridgehead atoms. The van der Waals surface area contributed by atoms with E-state index in [1.165, 1.54) is 32.6 Å². The van der Waals surface area contributed by atoms with E-state index in [1.807, 2.05) is 42.6 Å². The number of benzene rings is 6. The highest BCUT2D eigenvalue weighted by molar-refractivity contribution is 6.19. The molecule has 48 heavy (non-hydrogen) atoms. The van der Waals surface area contributed by atoms with Gasteiger partial charge in [-0.3, -0.25) is 4.57 Å². The van der Waals surface area contributed by atoms with E-state index < -0.39 is 0 Å². The predicted octanol–water partition coefficient (Wildman–Crippen LogP) is 10.6. The zero-order chi connectivity index (χ0) is 31.6. The van der Waals surface area contributed by atoms with Gasteiger partial charge in [-0.15, -0.1) is 0 Å². The molecule has 0 saturated carbocycles. The van der Waals surface area contributed by atoms with Gasteiger partial charge in [-0.2, -0.15) is 0 Å². The van der Waals surface area contributed by atoms with Crippen molar-refractivity contribution in [3.05, 3.63) is 164 Å². The van der Waals surface area contributed by atoms with Gasteiger partial charge in [-0.25, -0.2) is 15.0 Å². The minimum absolute atomic E-state index is 0.657. The van der Waals surface area contributed by atoms with Crippen LogP contribution >= 0.6 is 0 Å². The summed E-state index contributed by atoms with van der Waals surface area (Å²) in [6.07, 6.45) is 1.90. The van der Waals surface area contributed by atoms with Crippen molar-refractivity contribution in [1.82, 2.24) is 24.1 Å². The first kappa shape index (κ1) is 26.6. The van der Waals surface area contributed by atoms with E-state index >= 15 is 0 Å². The summed E-state index contributed by atoms with van der Waals surface area (Å²) < 4.78 is 4.65. The Kier molecular flexibility index (Phi) is 5.81. The van der Waals surface area contributed by atoms with E-state index in [0.717, 1.165) is 50.3 Å². The summed E-state index contributed by atoms with van der Waals surface area (Å²) in [5, 5.41) is 5.84. The van der Waals surface area contributed by atoms with Crippen LogP contribution in [0.5, 0.6) is 0 Å². The summed E-state index contributed by atoms with van der Waals surface area (Å²) in [7, 11) is 0. The molecule has 6 aromatic carbocycles. The number of pyridine rings is 1.